The predicted molar refractivity (Wildman–Crippen MR) is 86.4 cm³/mol. The molecule has 0 radical (unpaired) electrons. The number of halogens is 3. The second-order valence-electron chi connectivity index (χ2n) is 3.95. The Morgan fingerprint density at radius 3 is 2.29 bits per heavy atom. The molecular weight excluding hydrogens is 428 g/mol. The van der Waals surface area contributed by atoms with Gasteiger partial charge in [-0.05, 0) is 58.6 Å². The number of hydrogen-bond donors (Lipinski definition) is 0. The van der Waals surface area contributed by atoms with Crippen LogP contribution in [0.3, 0.4) is 0 Å². The minimum absolute atomic E-state index is 0.236. The van der Waals surface area contributed by atoms with Crippen LogP contribution >= 0.6 is 59.1 Å². The van der Waals surface area contributed by atoms with Crippen molar-refractivity contribution in [3.05, 3.63) is 54.1 Å². The maximum Gasteiger partial charge on any atom is 0.0704 e. The molecule has 1 aromatic carbocycles. The summed E-state index contributed by atoms with van der Waals surface area (Å²) in [5.41, 5.74) is 3.86. The van der Waals surface area contributed by atoms with Crippen LogP contribution in [0.2, 0.25) is 0 Å². The largest absolute Gasteiger partial charge is 0.133 e. The van der Waals surface area contributed by atoms with Gasteiger partial charge in [0.25, 0.3) is 0 Å². The molecule has 17 heavy (non-hydrogen) atoms. The molecule has 0 bridgehead atoms. The lowest BCUT2D eigenvalue weighted by molar-refractivity contribution is 1.15. The van der Waals surface area contributed by atoms with Gasteiger partial charge in [0.15, 0.2) is 0 Å². The van der Waals surface area contributed by atoms with E-state index in [0.717, 1.165) is 4.47 Å². The van der Waals surface area contributed by atoms with E-state index in [1.54, 1.807) is 11.3 Å². The topological polar surface area (TPSA) is 0 Å². The Kier molecular flexibility index (Phi) is 4.50. The number of aryl methyl sites for hydroxylation is 2. The van der Waals surface area contributed by atoms with E-state index in [1.165, 1.54) is 25.4 Å². The molecule has 1 heterocycles. The molecule has 1 aromatic heterocycles. The van der Waals surface area contributed by atoms with E-state index < -0.39 is 0 Å². The highest BCUT2D eigenvalue weighted by Crippen LogP contribution is 2.41. The Labute approximate surface area is 131 Å². The minimum Gasteiger partial charge on any atom is -0.133 e. The van der Waals surface area contributed by atoms with Crippen molar-refractivity contribution in [3.63, 3.8) is 0 Å². The standard InChI is InChI=1S/C13H11Br3S/c1-7-3-4-9(11(14)5-7)13(16)10-6-12(15)17-8(10)2/h3-6,13H,1-2H3. The SMILES string of the molecule is Cc1ccc(C(Br)c2cc(Br)sc2C)c(Br)c1. The van der Waals surface area contributed by atoms with Crippen LogP contribution in [0.1, 0.15) is 26.4 Å². The first-order valence-corrected chi connectivity index (χ1v) is 8.47. The van der Waals surface area contributed by atoms with Gasteiger partial charge < -0.3 is 0 Å². The van der Waals surface area contributed by atoms with Gasteiger partial charge in [0.2, 0.25) is 0 Å². The maximum atomic E-state index is 3.79. The van der Waals surface area contributed by atoms with Crippen LogP contribution in [0.15, 0.2) is 32.5 Å². The normalized spacial score (nSPS) is 12.8. The first kappa shape index (κ1) is 13.8. The van der Waals surface area contributed by atoms with E-state index in [9.17, 15) is 0 Å². The van der Waals surface area contributed by atoms with E-state index >= 15 is 0 Å². The van der Waals surface area contributed by atoms with Crippen molar-refractivity contribution in [2.24, 2.45) is 0 Å². The third-order valence-electron chi connectivity index (χ3n) is 2.63. The highest BCUT2D eigenvalue weighted by molar-refractivity contribution is 9.11. The monoisotopic (exact) mass is 436 g/mol. The zero-order chi connectivity index (χ0) is 12.6. The average Bonchev–Trinajstić information content (AvgIpc) is 2.57. The summed E-state index contributed by atoms with van der Waals surface area (Å²) in [5, 5.41) is 0. The maximum absolute atomic E-state index is 3.79. The van der Waals surface area contributed by atoms with Crippen molar-refractivity contribution < 1.29 is 0 Å². The van der Waals surface area contributed by atoms with Crippen LogP contribution in [0.4, 0.5) is 0 Å². The molecule has 0 fully saturated rings. The molecule has 4 heteroatoms. The van der Waals surface area contributed by atoms with Gasteiger partial charge in [-0.15, -0.1) is 11.3 Å². The smallest absolute Gasteiger partial charge is 0.0704 e. The summed E-state index contributed by atoms with van der Waals surface area (Å²) in [6.07, 6.45) is 0. The summed E-state index contributed by atoms with van der Waals surface area (Å²) in [6, 6.07) is 8.65. The van der Waals surface area contributed by atoms with E-state index in [1.807, 2.05) is 0 Å². The highest BCUT2D eigenvalue weighted by atomic mass is 79.9. The number of hydrogen-bond acceptors (Lipinski definition) is 1. The quantitative estimate of drug-likeness (QED) is 0.477. The van der Waals surface area contributed by atoms with Crippen LogP contribution < -0.4 is 0 Å². The van der Waals surface area contributed by atoms with Crippen molar-refractivity contribution >= 4 is 59.1 Å². The molecule has 1 unspecified atom stereocenters. The highest BCUT2D eigenvalue weighted by Gasteiger charge is 2.17. The lowest BCUT2D eigenvalue weighted by Gasteiger charge is -2.12. The van der Waals surface area contributed by atoms with Gasteiger partial charge in [-0.3, -0.25) is 0 Å². The summed E-state index contributed by atoms with van der Waals surface area (Å²) >= 11 is 12.7. The zero-order valence-electron chi connectivity index (χ0n) is 9.43. The summed E-state index contributed by atoms with van der Waals surface area (Å²) in [7, 11) is 0. The first-order valence-electron chi connectivity index (χ1n) is 5.15. The fraction of sp³-hybridized carbons (Fsp3) is 0.231. The van der Waals surface area contributed by atoms with Gasteiger partial charge in [-0.25, -0.2) is 0 Å². The van der Waals surface area contributed by atoms with Crippen molar-refractivity contribution in [2.45, 2.75) is 18.7 Å². The van der Waals surface area contributed by atoms with Crippen molar-refractivity contribution in [2.75, 3.05) is 0 Å². The summed E-state index contributed by atoms with van der Waals surface area (Å²) in [4.78, 5) is 1.58. The van der Waals surface area contributed by atoms with Crippen LogP contribution in [-0.4, -0.2) is 0 Å². The van der Waals surface area contributed by atoms with E-state index in [0.29, 0.717) is 0 Å². The molecule has 0 spiro atoms. The molecule has 0 saturated carbocycles. The fourth-order valence-corrected chi connectivity index (χ4v) is 5.52. The Morgan fingerprint density at radius 1 is 1.06 bits per heavy atom. The van der Waals surface area contributed by atoms with Gasteiger partial charge in [-0.2, -0.15) is 0 Å². The van der Waals surface area contributed by atoms with Gasteiger partial charge in [0.1, 0.15) is 0 Å². The Balaban J connectivity index is 2.43. The molecule has 0 nitrogen and oxygen atoms in total. The molecule has 1 atom stereocenters. The molecule has 90 valence electrons. The molecule has 0 N–H and O–H groups in total. The van der Waals surface area contributed by atoms with E-state index in [4.69, 9.17) is 0 Å². The molecular formula is C13H11Br3S. The number of rotatable bonds is 2. The minimum atomic E-state index is 0.236. The van der Waals surface area contributed by atoms with Crippen LogP contribution in [0.5, 0.6) is 0 Å². The fourth-order valence-electron chi connectivity index (χ4n) is 1.72. The number of thiophene rings is 1. The second kappa shape index (κ2) is 5.55. The number of alkyl halides is 1. The van der Waals surface area contributed by atoms with Crippen molar-refractivity contribution in [1.29, 1.82) is 0 Å². The lowest BCUT2D eigenvalue weighted by Crippen LogP contribution is -1.94. The third kappa shape index (κ3) is 3.03. The van der Waals surface area contributed by atoms with Crippen LogP contribution in [-0.2, 0) is 0 Å². The molecule has 2 rings (SSSR count). The van der Waals surface area contributed by atoms with Crippen molar-refractivity contribution in [1.82, 2.24) is 0 Å². The number of benzene rings is 1. The molecule has 0 aliphatic heterocycles. The molecule has 0 aliphatic rings. The summed E-state index contributed by atoms with van der Waals surface area (Å²) < 4.78 is 2.33. The predicted octanol–water partition coefficient (Wildman–Crippen LogP) is 6.37. The second-order valence-corrected chi connectivity index (χ2v) is 8.36. The van der Waals surface area contributed by atoms with E-state index in [2.05, 4.69) is 85.9 Å². The summed E-state index contributed by atoms with van der Waals surface area (Å²) in [5.74, 6) is 0. The zero-order valence-corrected chi connectivity index (χ0v) is 15.0. The lowest BCUT2D eigenvalue weighted by atomic mass is 10.0. The van der Waals surface area contributed by atoms with Crippen molar-refractivity contribution in [3.8, 4) is 0 Å². The van der Waals surface area contributed by atoms with Crippen LogP contribution in [0.25, 0.3) is 0 Å². The van der Waals surface area contributed by atoms with Gasteiger partial charge in [-0.1, -0.05) is 44.0 Å². The molecule has 0 aliphatic carbocycles. The Hall–Kier alpha value is 0.360. The van der Waals surface area contributed by atoms with Crippen LogP contribution in [0, 0.1) is 13.8 Å². The first-order chi connectivity index (χ1) is 7.99. The Morgan fingerprint density at radius 2 is 1.76 bits per heavy atom. The molecule has 2 aromatic rings. The van der Waals surface area contributed by atoms with Gasteiger partial charge in [0, 0.05) is 9.35 Å². The Bertz CT molecular complexity index is 546. The third-order valence-corrected chi connectivity index (χ3v) is 5.87. The van der Waals surface area contributed by atoms with E-state index in [-0.39, 0.29) is 4.83 Å². The molecule has 0 amide bonds. The van der Waals surface area contributed by atoms with Gasteiger partial charge >= 0.3 is 0 Å². The van der Waals surface area contributed by atoms with Gasteiger partial charge in [0.05, 0.1) is 8.61 Å². The average molecular weight is 439 g/mol. The summed E-state index contributed by atoms with van der Waals surface area (Å²) in [6.45, 7) is 4.26. The molecule has 0 saturated heterocycles.